The van der Waals surface area contributed by atoms with Gasteiger partial charge in [-0.2, -0.15) is 47.9 Å². The third-order valence-electron chi connectivity index (χ3n) is 3.97. The summed E-state index contributed by atoms with van der Waals surface area (Å²) in [6.45, 7) is 3.14. The molecule has 6 nitrogen and oxygen atoms in total. The standard InChI is InChI=1S/C18H19F9O6S2/c1-10(2)32-14(29)12-7-5-11(6-8-12)13(28)9-34(3,4)33-35(30,31)18(26,27)16(21,22)15(19,20)17(23,24)25/h5-8,10H,9H2,1-4H3. The Hall–Kier alpha value is -2.01. The second-order valence-electron chi connectivity index (χ2n) is 7.72. The molecule has 1 aromatic rings. The summed E-state index contributed by atoms with van der Waals surface area (Å²) in [4.78, 5) is 24.2. The molecule has 0 aliphatic rings. The third-order valence-corrected chi connectivity index (χ3v) is 8.00. The van der Waals surface area contributed by atoms with Gasteiger partial charge in [-0.1, -0.05) is 12.1 Å². The quantitative estimate of drug-likeness (QED) is 0.220. The van der Waals surface area contributed by atoms with Gasteiger partial charge in [0.1, 0.15) is 0 Å². The molecule has 17 heteroatoms. The smallest absolute Gasteiger partial charge is 0.459 e. The van der Waals surface area contributed by atoms with Gasteiger partial charge in [-0.25, -0.2) is 8.42 Å². The van der Waals surface area contributed by atoms with Gasteiger partial charge >= 0.3 is 39.4 Å². The van der Waals surface area contributed by atoms with E-state index in [9.17, 15) is 57.5 Å². The number of esters is 1. The summed E-state index contributed by atoms with van der Waals surface area (Å²) in [6, 6.07) is 4.39. The molecule has 35 heavy (non-hydrogen) atoms. The fourth-order valence-corrected chi connectivity index (χ4v) is 6.01. The molecule has 1 aromatic carbocycles. The van der Waals surface area contributed by atoms with Gasteiger partial charge in [-0.15, -0.1) is 10.3 Å². The van der Waals surface area contributed by atoms with Crippen molar-refractivity contribution >= 4 is 32.2 Å². The van der Waals surface area contributed by atoms with Gasteiger partial charge in [0, 0.05) is 5.56 Å². The molecule has 0 amide bonds. The summed E-state index contributed by atoms with van der Waals surface area (Å²) in [5.41, 5.74) is -0.207. The molecule has 0 fully saturated rings. The van der Waals surface area contributed by atoms with Crippen molar-refractivity contribution in [2.45, 2.75) is 43.2 Å². The Morgan fingerprint density at radius 1 is 0.829 bits per heavy atom. The van der Waals surface area contributed by atoms with Crippen molar-refractivity contribution in [2.24, 2.45) is 0 Å². The normalized spacial score (nSPS) is 14.7. The summed E-state index contributed by atoms with van der Waals surface area (Å²) in [7, 11) is -10.7. The van der Waals surface area contributed by atoms with Crippen LogP contribution in [0.1, 0.15) is 34.6 Å². The largest absolute Gasteiger partial charge is 0.460 e. The molecule has 0 aliphatic heterocycles. The average molecular weight is 566 g/mol. The van der Waals surface area contributed by atoms with Crippen LogP contribution in [0.5, 0.6) is 0 Å². The van der Waals surface area contributed by atoms with Crippen LogP contribution in [0, 0.1) is 0 Å². The minimum absolute atomic E-state index is 0.00755. The van der Waals surface area contributed by atoms with Gasteiger partial charge in [-0.05, 0) is 38.5 Å². The first-order valence-electron chi connectivity index (χ1n) is 9.10. The Kier molecular flexibility index (Phi) is 8.69. The van der Waals surface area contributed by atoms with E-state index < -0.39 is 67.3 Å². The van der Waals surface area contributed by atoms with Gasteiger partial charge in [0.2, 0.25) is 0 Å². The number of alkyl halides is 9. The Bertz CT molecular complexity index is 1050. The molecule has 0 N–H and O–H groups in total. The van der Waals surface area contributed by atoms with Crippen molar-refractivity contribution in [1.29, 1.82) is 0 Å². The number of halogens is 9. The van der Waals surface area contributed by atoms with Gasteiger partial charge in [0.05, 0.1) is 17.4 Å². The molecule has 0 aromatic heterocycles. The monoisotopic (exact) mass is 566 g/mol. The lowest BCUT2D eigenvalue weighted by molar-refractivity contribution is -0.382. The average Bonchev–Trinajstić information content (AvgIpc) is 2.64. The van der Waals surface area contributed by atoms with E-state index >= 15 is 0 Å². The lowest BCUT2D eigenvalue weighted by Gasteiger charge is -2.35. The Labute approximate surface area is 195 Å². The van der Waals surface area contributed by atoms with E-state index in [2.05, 4.69) is 3.63 Å². The van der Waals surface area contributed by atoms with Crippen molar-refractivity contribution in [3.05, 3.63) is 35.4 Å². The number of hydrogen-bond donors (Lipinski definition) is 0. The lowest BCUT2D eigenvalue weighted by Crippen LogP contribution is -2.63. The number of ether oxygens (including phenoxy) is 1. The maximum absolute atomic E-state index is 13.8. The highest BCUT2D eigenvalue weighted by Crippen LogP contribution is 2.57. The maximum Gasteiger partial charge on any atom is 0.460 e. The van der Waals surface area contributed by atoms with E-state index in [-0.39, 0.29) is 11.1 Å². The highest BCUT2D eigenvalue weighted by atomic mass is 32.3. The zero-order valence-corrected chi connectivity index (χ0v) is 19.9. The highest BCUT2D eigenvalue weighted by Gasteiger charge is 2.86. The summed E-state index contributed by atoms with van der Waals surface area (Å²) in [6.07, 6.45) is -6.28. The number of ketones is 1. The van der Waals surface area contributed by atoms with E-state index in [0.29, 0.717) is 12.5 Å². The van der Waals surface area contributed by atoms with Gasteiger partial charge < -0.3 is 4.74 Å². The third kappa shape index (κ3) is 6.41. The summed E-state index contributed by atoms with van der Waals surface area (Å²) in [5.74, 6) is -17.7. The molecule has 0 saturated carbocycles. The SMILES string of the molecule is CC(C)OC(=O)c1ccc(C(=O)CS(C)(C)OS(=O)(=O)C(F)(F)C(F)(F)C(F)(F)C(F)(F)F)cc1. The van der Waals surface area contributed by atoms with Crippen molar-refractivity contribution in [3.8, 4) is 0 Å². The molecule has 0 atom stereocenters. The van der Waals surface area contributed by atoms with Gasteiger partial charge in [0.25, 0.3) is 0 Å². The van der Waals surface area contributed by atoms with E-state index in [0.717, 1.165) is 24.3 Å². The molecule has 0 radical (unpaired) electrons. The van der Waals surface area contributed by atoms with E-state index in [1.165, 1.54) is 0 Å². The number of rotatable bonds is 10. The fourth-order valence-electron chi connectivity index (χ4n) is 2.30. The van der Waals surface area contributed by atoms with Crippen LogP contribution in [-0.4, -0.2) is 67.8 Å². The Morgan fingerprint density at radius 2 is 1.26 bits per heavy atom. The highest BCUT2D eigenvalue weighted by molar-refractivity contribution is 8.32. The van der Waals surface area contributed by atoms with Crippen LogP contribution in [0.4, 0.5) is 39.5 Å². The first kappa shape index (κ1) is 31.0. The second-order valence-corrected chi connectivity index (χ2v) is 12.8. The summed E-state index contributed by atoms with van der Waals surface area (Å²) < 4.78 is 150. The molecule has 202 valence electrons. The van der Waals surface area contributed by atoms with Crippen molar-refractivity contribution in [3.63, 3.8) is 0 Å². The molecule has 0 spiro atoms. The molecule has 0 bridgehead atoms. The molecular formula is C18H19F9O6S2. The summed E-state index contributed by atoms with van der Waals surface area (Å²) >= 11 is 0. The number of carbonyl (C=O) groups is 2. The van der Waals surface area contributed by atoms with Crippen LogP contribution in [0.3, 0.4) is 0 Å². The van der Waals surface area contributed by atoms with Crippen LogP contribution in [0.15, 0.2) is 24.3 Å². The predicted octanol–water partition coefficient (Wildman–Crippen LogP) is 5.19. The van der Waals surface area contributed by atoms with Crippen LogP contribution in [-0.2, 0) is 18.5 Å². The first-order chi connectivity index (χ1) is 15.4. The zero-order valence-electron chi connectivity index (χ0n) is 18.3. The van der Waals surface area contributed by atoms with E-state index in [1.54, 1.807) is 13.8 Å². The van der Waals surface area contributed by atoms with Crippen LogP contribution in [0.2, 0.25) is 0 Å². The van der Waals surface area contributed by atoms with Crippen molar-refractivity contribution in [1.82, 2.24) is 0 Å². The number of carbonyl (C=O) groups excluding carboxylic acids is 2. The number of hydrogen-bond acceptors (Lipinski definition) is 6. The van der Waals surface area contributed by atoms with Crippen molar-refractivity contribution < 1.29 is 65.9 Å². The topological polar surface area (TPSA) is 86.7 Å². The van der Waals surface area contributed by atoms with Crippen LogP contribution in [0.25, 0.3) is 0 Å². The number of benzene rings is 1. The van der Waals surface area contributed by atoms with Crippen molar-refractivity contribution in [2.75, 3.05) is 18.3 Å². The minimum Gasteiger partial charge on any atom is -0.459 e. The molecule has 0 aliphatic carbocycles. The molecule has 1 rings (SSSR count). The Balaban J connectivity index is 3.13. The summed E-state index contributed by atoms with van der Waals surface area (Å²) in [5, 5.41) is -7.02. The fraction of sp³-hybridized carbons (Fsp3) is 0.556. The van der Waals surface area contributed by atoms with E-state index in [1.807, 2.05) is 0 Å². The first-order valence-corrected chi connectivity index (χ1v) is 13.1. The molecule has 0 heterocycles. The van der Waals surface area contributed by atoms with E-state index in [4.69, 9.17) is 4.74 Å². The molecular weight excluding hydrogens is 547 g/mol. The van der Waals surface area contributed by atoms with Gasteiger partial charge in [0.15, 0.2) is 5.78 Å². The molecule has 0 unspecified atom stereocenters. The zero-order chi connectivity index (χ0) is 27.8. The second kappa shape index (κ2) is 9.80. The van der Waals surface area contributed by atoms with Crippen LogP contribution >= 0.6 is 10.3 Å². The van der Waals surface area contributed by atoms with Crippen LogP contribution < -0.4 is 0 Å². The maximum atomic E-state index is 13.8. The number of Topliss-reactive ketones (excluding diaryl/α,β-unsaturated/α-hetero) is 1. The lowest BCUT2D eigenvalue weighted by atomic mass is 10.1. The minimum atomic E-state index is -7.45. The predicted molar refractivity (Wildman–Crippen MR) is 107 cm³/mol. The Morgan fingerprint density at radius 3 is 1.66 bits per heavy atom. The van der Waals surface area contributed by atoms with Gasteiger partial charge in [-0.3, -0.25) is 4.79 Å². The molecule has 0 saturated heterocycles.